The van der Waals surface area contributed by atoms with Crippen LogP contribution in [-0.2, 0) is 0 Å². The molecule has 56 valence electrons. The molecule has 1 nitrogen and oxygen atoms in total. The molecule has 0 bridgehead atoms. The Labute approximate surface area is 66.8 Å². The largest absolute Gasteiger partial charge is 0.281 e. The normalized spacial score (nSPS) is 14.5. The molecule has 11 heavy (non-hydrogen) atoms. The molecule has 0 saturated heterocycles. The summed E-state index contributed by atoms with van der Waals surface area (Å²) in [6.45, 7) is 5.25. The summed E-state index contributed by atoms with van der Waals surface area (Å²) in [6.07, 6.45) is 0. The molecule has 0 aromatic heterocycles. The van der Waals surface area contributed by atoms with Gasteiger partial charge in [-0.05, 0) is 25.0 Å². The highest BCUT2D eigenvalue weighted by molar-refractivity contribution is 6.11. The molecule has 1 aliphatic rings. The summed E-state index contributed by atoms with van der Waals surface area (Å²) >= 11 is 0. The highest BCUT2D eigenvalue weighted by Crippen LogP contribution is 2.18. The summed E-state index contributed by atoms with van der Waals surface area (Å²) in [5.74, 6) is 0. The Balaban J connectivity index is 2.54. The van der Waals surface area contributed by atoms with Crippen molar-refractivity contribution in [3.05, 3.63) is 34.9 Å². The molecule has 0 saturated carbocycles. The molecular formula is C10H11N. The van der Waals surface area contributed by atoms with Crippen molar-refractivity contribution in [3.63, 3.8) is 0 Å². The summed E-state index contributed by atoms with van der Waals surface area (Å²) in [5.41, 5.74) is 5.34. The standard InChI is InChI=1S/C10H11N/c1-7-4-3-5-9(8(7)2)10-6-11-10/h3-5H,6H2,1-2H3. The predicted molar refractivity (Wildman–Crippen MR) is 47.3 cm³/mol. The second-order valence-electron chi connectivity index (χ2n) is 3.01. The van der Waals surface area contributed by atoms with Crippen molar-refractivity contribution in [1.82, 2.24) is 0 Å². The van der Waals surface area contributed by atoms with Crippen LogP contribution in [0.15, 0.2) is 23.2 Å². The smallest absolute Gasteiger partial charge is 0.0817 e. The number of benzene rings is 1. The summed E-state index contributed by atoms with van der Waals surface area (Å²) in [4.78, 5) is 4.19. The molecule has 1 aliphatic heterocycles. The van der Waals surface area contributed by atoms with E-state index in [1.54, 1.807) is 0 Å². The van der Waals surface area contributed by atoms with Gasteiger partial charge in [-0.3, -0.25) is 4.99 Å². The van der Waals surface area contributed by atoms with Crippen molar-refractivity contribution in [3.8, 4) is 0 Å². The highest BCUT2D eigenvalue weighted by atomic mass is 14.9. The fraction of sp³-hybridized carbons (Fsp3) is 0.300. The second-order valence-corrected chi connectivity index (χ2v) is 3.01. The quantitative estimate of drug-likeness (QED) is 0.574. The minimum Gasteiger partial charge on any atom is -0.281 e. The summed E-state index contributed by atoms with van der Waals surface area (Å²) < 4.78 is 0. The Morgan fingerprint density at radius 2 is 2.00 bits per heavy atom. The van der Waals surface area contributed by atoms with E-state index in [0.29, 0.717) is 0 Å². The Morgan fingerprint density at radius 3 is 2.64 bits per heavy atom. The maximum Gasteiger partial charge on any atom is 0.0817 e. The van der Waals surface area contributed by atoms with Gasteiger partial charge in [0.05, 0.1) is 12.3 Å². The zero-order chi connectivity index (χ0) is 7.84. The van der Waals surface area contributed by atoms with Crippen molar-refractivity contribution in [2.24, 2.45) is 4.99 Å². The average molecular weight is 145 g/mol. The topological polar surface area (TPSA) is 12.4 Å². The van der Waals surface area contributed by atoms with Crippen LogP contribution < -0.4 is 0 Å². The van der Waals surface area contributed by atoms with Gasteiger partial charge in [0, 0.05) is 5.56 Å². The number of aliphatic imine (C=N–C) groups is 1. The summed E-state index contributed by atoms with van der Waals surface area (Å²) in [5, 5.41) is 0. The highest BCUT2D eigenvalue weighted by Gasteiger charge is 2.14. The van der Waals surface area contributed by atoms with Gasteiger partial charge in [-0.2, -0.15) is 0 Å². The Morgan fingerprint density at radius 1 is 1.27 bits per heavy atom. The van der Waals surface area contributed by atoms with Crippen LogP contribution in [0.25, 0.3) is 0 Å². The van der Waals surface area contributed by atoms with Crippen LogP contribution in [-0.4, -0.2) is 12.3 Å². The van der Waals surface area contributed by atoms with E-state index in [-0.39, 0.29) is 0 Å². The zero-order valence-electron chi connectivity index (χ0n) is 6.89. The van der Waals surface area contributed by atoms with Crippen molar-refractivity contribution in [2.75, 3.05) is 6.54 Å². The van der Waals surface area contributed by atoms with E-state index in [9.17, 15) is 0 Å². The first-order valence-electron chi connectivity index (χ1n) is 3.89. The average Bonchev–Trinajstić information content (AvgIpc) is 2.77. The van der Waals surface area contributed by atoms with Gasteiger partial charge in [-0.1, -0.05) is 18.2 Å². The van der Waals surface area contributed by atoms with Crippen LogP contribution in [0.5, 0.6) is 0 Å². The molecule has 0 aliphatic carbocycles. The first-order valence-corrected chi connectivity index (χ1v) is 3.89. The number of rotatable bonds is 1. The van der Waals surface area contributed by atoms with E-state index in [0.717, 1.165) is 6.54 Å². The number of aryl methyl sites for hydroxylation is 1. The molecular weight excluding hydrogens is 134 g/mol. The van der Waals surface area contributed by atoms with E-state index in [1.807, 2.05) is 0 Å². The lowest BCUT2D eigenvalue weighted by atomic mass is 10.0. The van der Waals surface area contributed by atoms with E-state index in [2.05, 4.69) is 37.0 Å². The van der Waals surface area contributed by atoms with Gasteiger partial charge < -0.3 is 0 Å². The van der Waals surface area contributed by atoms with Gasteiger partial charge in [0.15, 0.2) is 0 Å². The number of nitrogens with zero attached hydrogens (tertiary/aromatic N) is 1. The van der Waals surface area contributed by atoms with Gasteiger partial charge >= 0.3 is 0 Å². The van der Waals surface area contributed by atoms with Crippen LogP contribution in [0.2, 0.25) is 0 Å². The van der Waals surface area contributed by atoms with Gasteiger partial charge in [0.1, 0.15) is 0 Å². The third-order valence-corrected chi connectivity index (χ3v) is 2.23. The fourth-order valence-corrected chi connectivity index (χ4v) is 1.27. The van der Waals surface area contributed by atoms with Crippen LogP contribution >= 0.6 is 0 Å². The van der Waals surface area contributed by atoms with Gasteiger partial charge in [-0.25, -0.2) is 0 Å². The molecule has 0 atom stereocenters. The maximum absolute atomic E-state index is 4.19. The van der Waals surface area contributed by atoms with Gasteiger partial charge in [-0.15, -0.1) is 0 Å². The molecule has 0 spiro atoms. The van der Waals surface area contributed by atoms with Crippen LogP contribution in [0, 0.1) is 13.8 Å². The Kier molecular flexibility index (Phi) is 1.31. The molecule has 0 radical (unpaired) electrons. The monoisotopic (exact) mass is 145 g/mol. The number of hydrogen-bond acceptors (Lipinski definition) is 1. The Bertz CT molecular complexity index is 324. The molecule has 1 aromatic carbocycles. The summed E-state index contributed by atoms with van der Waals surface area (Å²) in [6, 6.07) is 6.38. The van der Waals surface area contributed by atoms with Crippen molar-refractivity contribution < 1.29 is 0 Å². The maximum atomic E-state index is 4.19. The molecule has 0 fully saturated rings. The molecule has 1 aromatic rings. The lowest BCUT2D eigenvalue weighted by Crippen LogP contribution is -1.93. The third kappa shape index (κ3) is 1.07. The Hall–Kier alpha value is -1.11. The fourth-order valence-electron chi connectivity index (χ4n) is 1.27. The van der Waals surface area contributed by atoms with E-state index in [1.165, 1.54) is 22.4 Å². The van der Waals surface area contributed by atoms with Gasteiger partial charge in [0.25, 0.3) is 0 Å². The SMILES string of the molecule is Cc1cccc(C2=NC2)c1C. The molecule has 1 heterocycles. The van der Waals surface area contributed by atoms with Crippen LogP contribution in [0.1, 0.15) is 16.7 Å². The predicted octanol–water partition coefficient (Wildman–Crippen LogP) is 2.11. The molecule has 0 unspecified atom stereocenters. The van der Waals surface area contributed by atoms with Crippen molar-refractivity contribution >= 4 is 5.71 Å². The van der Waals surface area contributed by atoms with Crippen LogP contribution in [0.4, 0.5) is 0 Å². The summed E-state index contributed by atoms with van der Waals surface area (Å²) in [7, 11) is 0. The minimum absolute atomic E-state index is 0.949. The van der Waals surface area contributed by atoms with Gasteiger partial charge in [0.2, 0.25) is 0 Å². The third-order valence-electron chi connectivity index (χ3n) is 2.23. The van der Waals surface area contributed by atoms with Crippen molar-refractivity contribution in [1.29, 1.82) is 0 Å². The molecule has 0 amide bonds. The molecule has 1 heteroatoms. The number of hydrogen-bond donors (Lipinski definition) is 0. The van der Waals surface area contributed by atoms with Crippen molar-refractivity contribution in [2.45, 2.75) is 13.8 Å². The van der Waals surface area contributed by atoms with Crippen LogP contribution in [0.3, 0.4) is 0 Å². The van der Waals surface area contributed by atoms with E-state index >= 15 is 0 Å². The first-order chi connectivity index (χ1) is 5.29. The minimum atomic E-state index is 0.949. The molecule has 0 N–H and O–H groups in total. The lowest BCUT2D eigenvalue weighted by molar-refractivity contribution is 1.33. The molecule has 2 rings (SSSR count). The zero-order valence-corrected chi connectivity index (χ0v) is 6.89. The second kappa shape index (κ2) is 2.19. The van der Waals surface area contributed by atoms with E-state index in [4.69, 9.17) is 0 Å². The lowest BCUT2D eigenvalue weighted by Gasteiger charge is -2.02. The van der Waals surface area contributed by atoms with E-state index < -0.39 is 0 Å². The first kappa shape index (κ1) is 6.59.